The number of amides is 2. The van der Waals surface area contributed by atoms with E-state index in [0.717, 1.165) is 6.07 Å². The van der Waals surface area contributed by atoms with Crippen LogP contribution in [-0.4, -0.2) is 69.6 Å². The molecule has 2 amide bonds. The van der Waals surface area contributed by atoms with E-state index in [9.17, 15) is 28.6 Å². The van der Waals surface area contributed by atoms with Crippen molar-refractivity contribution in [1.82, 2.24) is 20.4 Å². The number of nitrogens with zero attached hydrogens (tertiary/aromatic N) is 2. The van der Waals surface area contributed by atoms with Gasteiger partial charge >= 0.3 is 0 Å². The first-order chi connectivity index (χ1) is 15.3. The van der Waals surface area contributed by atoms with Crippen LogP contribution in [0.5, 0.6) is 0 Å². The van der Waals surface area contributed by atoms with Crippen molar-refractivity contribution in [1.29, 1.82) is 0 Å². The van der Waals surface area contributed by atoms with E-state index in [0.29, 0.717) is 31.8 Å². The van der Waals surface area contributed by atoms with Gasteiger partial charge in [0.1, 0.15) is 11.8 Å². The lowest BCUT2D eigenvalue weighted by Crippen LogP contribution is -2.55. The van der Waals surface area contributed by atoms with Crippen LogP contribution >= 0.6 is 0 Å². The van der Waals surface area contributed by atoms with E-state index >= 15 is 0 Å². The summed E-state index contributed by atoms with van der Waals surface area (Å²) in [5, 5.41) is 27.4. The number of nitrogens with one attached hydrogen (secondary N) is 2. The molecule has 0 spiro atoms. The molecule has 4 N–H and O–H groups in total. The van der Waals surface area contributed by atoms with Crippen molar-refractivity contribution in [3.8, 4) is 0 Å². The zero-order valence-electron chi connectivity index (χ0n) is 17.9. The van der Waals surface area contributed by atoms with Crippen LogP contribution in [0.3, 0.4) is 0 Å². The molecule has 3 atom stereocenters. The number of hydrogen-bond acceptors (Lipinski definition) is 6. The molecule has 0 saturated carbocycles. The predicted molar refractivity (Wildman–Crippen MR) is 111 cm³/mol. The van der Waals surface area contributed by atoms with Gasteiger partial charge in [0.05, 0.1) is 17.7 Å². The van der Waals surface area contributed by atoms with Gasteiger partial charge in [0.15, 0.2) is 17.4 Å². The Morgan fingerprint density at radius 3 is 2.72 bits per heavy atom. The third-order valence-corrected chi connectivity index (χ3v) is 6.22. The summed E-state index contributed by atoms with van der Waals surface area (Å²) in [5.41, 5.74) is 0.264. The van der Waals surface area contributed by atoms with Crippen molar-refractivity contribution in [3.63, 3.8) is 0 Å². The van der Waals surface area contributed by atoms with Crippen molar-refractivity contribution in [2.45, 2.75) is 45.0 Å². The number of aliphatic hydroxyl groups excluding tert-OH is 2. The Labute approximate surface area is 184 Å². The molecule has 0 radical (unpaired) electrons. The number of halogens is 2. The highest BCUT2D eigenvalue weighted by Crippen LogP contribution is 2.43. The fourth-order valence-electron chi connectivity index (χ4n) is 4.76. The SMILES string of the molecule is CCN[C@@H]1C[C@@H]2CN(CC)C(=O)C3=C(O)C(O)C(C(=O)NCc4cccc(F)c4F)=C1N32. The number of likely N-dealkylation sites (N-methyl/N-ethyl adjacent to an activating group) is 2. The Balaban J connectivity index is 1.71. The Morgan fingerprint density at radius 1 is 1.28 bits per heavy atom. The minimum Gasteiger partial charge on any atom is -0.507 e. The lowest BCUT2D eigenvalue weighted by Gasteiger charge is -2.43. The summed E-state index contributed by atoms with van der Waals surface area (Å²) in [6.07, 6.45) is -1.14. The lowest BCUT2D eigenvalue weighted by molar-refractivity contribution is -0.133. The lowest BCUT2D eigenvalue weighted by atomic mass is 9.95. The minimum atomic E-state index is -1.71. The molecule has 0 aliphatic carbocycles. The van der Waals surface area contributed by atoms with Gasteiger partial charge in [-0.3, -0.25) is 9.59 Å². The largest absolute Gasteiger partial charge is 0.507 e. The zero-order valence-corrected chi connectivity index (χ0v) is 17.9. The van der Waals surface area contributed by atoms with Gasteiger partial charge in [0.25, 0.3) is 11.8 Å². The van der Waals surface area contributed by atoms with Crippen LogP contribution in [-0.2, 0) is 16.1 Å². The van der Waals surface area contributed by atoms with Crippen molar-refractivity contribution >= 4 is 11.8 Å². The molecule has 1 unspecified atom stereocenters. The Morgan fingerprint density at radius 2 is 2.03 bits per heavy atom. The van der Waals surface area contributed by atoms with E-state index in [1.54, 1.807) is 9.80 Å². The minimum absolute atomic E-state index is 0.0151. The highest BCUT2D eigenvalue weighted by Gasteiger charge is 2.52. The summed E-state index contributed by atoms with van der Waals surface area (Å²) in [6.45, 7) is 4.90. The highest BCUT2D eigenvalue weighted by atomic mass is 19.2. The van der Waals surface area contributed by atoms with Crippen molar-refractivity contribution in [2.75, 3.05) is 19.6 Å². The third kappa shape index (κ3) is 3.43. The van der Waals surface area contributed by atoms with Gasteiger partial charge in [0, 0.05) is 30.9 Å². The summed E-state index contributed by atoms with van der Waals surface area (Å²) in [6, 6.07) is 3.17. The van der Waals surface area contributed by atoms with Crippen molar-refractivity contribution < 1.29 is 28.6 Å². The van der Waals surface area contributed by atoms with Crippen LogP contribution < -0.4 is 10.6 Å². The molecule has 10 heteroatoms. The topological polar surface area (TPSA) is 105 Å². The maximum absolute atomic E-state index is 14.0. The van der Waals surface area contributed by atoms with Gasteiger partial charge in [-0.1, -0.05) is 19.1 Å². The van der Waals surface area contributed by atoms with E-state index in [2.05, 4.69) is 10.6 Å². The van der Waals surface area contributed by atoms with Gasteiger partial charge in [-0.05, 0) is 26.0 Å². The Hall–Kier alpha value is -2.98. The van der Waals surface area contributed by atoms with E-state index in [4.69, 9.17) is 0 Å². The quantitative estimate of drug-likeness (QED) is 0.515. The number of piperazine rings is 1. The number of carbonyl (C=O) groups is 2. The molecule has 32 heavy (non-hydrogen) atoms. The molecular formula is C22H26F2N4O4. The summed E-state index contributed by atoms with van der Waals surface area (Å²) < 4.78 is 27.5. The number of carbonyl (C=O) groups excluding carboxylic acids is 2. The fraction of sp³-hybridized carbons (Fsp3) is 0.455. The van der Waals surface area contributed by atoms with Crippen LogP contribution in [0.1, 0.15) is 25.8 Å². The van der Waals surface area contributed by atoms with E-state index < -0.39 is 35.3 Å². The molecular weight excluding hydrogens is 422 g/mol. The number of hydrogen-bond donors (Lipinski definition) is 4. The zero-order chi connectivity index (χ0) is 23.2. The van der Waals surface area contributed by atoms with Gasteiger partial charge in [-0.2, -0.15) is 0 Å². The molecule has 3 aliphatic rings. The average Bonchev–Trinajstić information content (AvgIpc) is 3.11. The second-order valence-corrected chi connectivity index (χ2v) is 8.04. The molecule has 0 bridgehead atoms. The first kappa shape index (κ1) is 22.2. The first-order valence-electron chi connectivity index (χ1n) is 10.7. The number of benzene rings is 1. The summed E-state index contributed by atoms with van der Waals surface area (Å²) in [4.78, 5) is 29.3. The molecule has 2 fully saturated rings. The van der Waals surface area contributed by atoms with Gasteiger partial charge < -0.3 is 30.6 Å². The maximum Gasteiger partial charge on any atom is 0.274 e. The molecule has 1 aromatic carbocycles. The van der Waals surface area contributed by atoms with Crippen LogP contribution in [0.25, 0.3) is 0 Å². The van der Waals surface area contributed by atoms with Gasteiger partial charge in [-0.15, -0.1) is 0 Å². The first-order valence-corrected chi connectivity index (χ1v) is 10.7. The number of rotatable bonds is 6. The molecule has 1 aromatic rings. The highest BCUT2D eigenvalue weighted by molar-refractivity contribution is 6.00. The fourth-order valence-corrected chi connectivity index (χ4v) is 4.76. The Kier molecular flexibility index (Phi) is 5.91. The summed E-state index contributed by atoms with van der Waals surface area (Å²) >= 11 is 0. The molecule has 4 rings (SSSR count). The predicted octanol–water partition coefficient (Wildman–Crippen LogP) is 0.894. The normalized spacial score (nSPS) is 24.9. The smallest absolute Gasteiger partial charge is 0.274 e. The van der Waals surface area contributed by atoms with Crippen molar-refractivity contribution in [3.05, 3.63) is 58.1 Å². The van der Waals surface area contributed by atoms with E-state index in [-0.39, 0.29) is 35.5 Å². The van der Waals surface area contributed by atoms with Gasteiger partial charge in [-0.25, -0.2) is 8.78 Å². The third-order valence-electron chi connectivity index (χ3n) is 6.22. The average molecular weight is 448 g/mol. The van der Waals surface area contributed by atoms with Gasteiger partial charge in [0.2, 0.25) is 0 Å². The summed E-state index contributed by atoms with van der Waals surface area (Å²) in [7, 11) is 0. The molecule has 8 nitrogen and oxygen atoms in total. The summed E-state index contributed by atoms with van der Waals surface area (Å²) in [5.74, 6) is -3.81. The van der Waals surface area contributed by atoms with Crippen LogP contribution in [0.2, 0.25) is 0 Å². The standard InChI is InChI=1S/C22H26F2N4O4/c1-3-25-14-8-12-10-27(4-2)22(32)18-20(30)19(29)15(17(14)28(12)18)21(31)26-9-11-6-5-7-13(23)16(11)24/h5-7,12,14,19,25,29-30H,3-4,8-10H2,1-2H3,(H,26,31)/t12-,14-,19?/m1/s1. The van der Waals surface area contributed by atoms with Crippen LogP contribution in [0.15, 0.2) is 40.9 Å². The molecule has 2 saturated heterocycles. The van der Waals surface area contributed by atoms with Crippen LogP contribution in [0.4, 0.5) is 8.78 Å². The van der Waals surface area contributed by atoms with Crippen LogP contribution in [0, 0.1) is 11.6 Å². The van der Waals surface area contributed by atoms with E-state index in [1.165, 1.54) is 12.1 Å². The molecule has 0 aromatic heterocycles. The van der Waals surface area contributed by atoms with Crippen molar-refractivity contribution in [2.24, 2.45) is 0 Å². The maximum atomic E-state index is 14.0. The van der Waals surface area contributed by atoms with E-state index in [1.807, 2.05) is 13.8 Å². The monoisotopic (exact) mass is 448 g/mol. The second-order valence-electron chi connectivity index (χ2n) is 8.04. The molecule has 3 heterocycles. The molecule has 3 aliphatic heterocycles. The molecule has 172 valence electrons. The number of aliphatic hydroxyl groups is 2. The Bertz CT molecular complexity index is 1030. The second kappa shape index (κ2) is 8.51.